The Morgan fingerprint density at radius 1 is 1.36 bits per heavy atom. The third-order valence-corrected chi connectivity index (χ3v) is 4.18. The van der Waals surface area contributed by atoms with Gasteiger partial charge in [0.15, 0.2) is 5.82 Å². The lowest BCUT2D eigenvalue weighted by Crippen LogP contribution is -2.15. The molecule has 9 nitrogen and oxygen atoms in total. The van der Waals surface area contributed by atoms with Gasteiger partial charge in [0.05, 0.1) is 19.4 Å². The number of anilines is 1. The Labute approximate surface area is 147 Å². The van der Waals surface area contributed by atoms with Gasteiger partial charge in [0, 0.05) is 6.07 Å². The molecule has 25 heavy (non-hydrogen) atoms. The van der Waals surface area contributed by atoms with Crippen LogP contribution in [-0.4, -0.2) is 44.1 Å². The molecule has 1 aromatic carbocycles. The molecule has 1 N–H and O–H groups in total. The van der Waals surface area contributed by atoms with Gasteiger partial charge in [-0.15, -0.1) is 5.10 Å². The second-order valence-electron chi connectivity index (χ2n) is 5.13. The Bertz CT molecular complexity index is 845. The molecule has 0 aliphatic rings. The molecule has 0 atom stereocenters. The summed E-state index contributed by atoms with van der Waals surface area (Å²) >= 11 is 1.25. The van der Waals surface area contributed by atoms with Crippen LogP contribution in [-0.2, 0) is 11.3 Å². The highest BCUT2D eigenvalue weighted by Gasteiger charge is 2.12. The van der Waals surface area contributed by atoms with Gasteiger partial charge < -0.3 is 14.6 Å². The van der Waals surface area contributed by atoms with Crippen LogP contribution in [0.3, 0.4) is 0 Å². The molecule has 10 heteroatoms. The van der Waals surface area contributed by atoms with Crippen LogP contribution >= 0.6 is 11.8 Å². The summed E-state index contributed by atoms with van der Waals surface area (Å²) in [7, 11) is 1.62. The first-order chi connectivity index (χ1) is 12.1. The number of methoxy groups -OCH3 is 1. The maximum atomic E-state index is 12.0. The number of hydrogen-bond donors (Lipinski definition) is 1. The Kier molecular flexibility index (Phi) is 5.29. The first-order valence-electron chi connectivity index (χ1n) is 7.39. The number of benzene rings is 1. The van der Waals surface area contributed by atoms with Crippen LogP contribution in [0.4, 0.5) is 5.82 Å². The van der Waals surface area contributed by atoms with Crippen molar-refractivity contribution in [2.24, 2.45) is 0 Å². The van der Waals surface area contributed by atoms with E-state index >= 15 is 0 Å². The predicted octanol–water partition coefficient (Wildman–Crippen LogP) is 1.76. The van der Waals surface area contributed by atoms with E-state index in [-0.39, 0.29) is 11.7 Å². The highest BCUT2D eigenvalue weighted by Crippen LogP contribution is 2.17. The van der Waals surface area contributed by atoms with Crippen molar-refractivity contribution >= 4 is 23.5 Å². The number of amides is 1. The van der Waals surface area contributed by atoms with Gasteiger partial charge in [-0.05, 0) is 35.0 Å². The number of hydrogen-bond acceptors (Lipinski definition) is 8. The number of ether oxygens (including phenoxy) is 1. The average molecular weight is 360 g/mol. The van der Waals surface area contributed by atoms with Gasteiger partial charge in [0.1, 0.15) is 11.5 Å². The topological polar surface area (TPSA) is 108 Å². The van der Waals surface area contributed by atoms with Crippen molar-refractivity contribution in [2.45, 2.75) is 18.6 Å². The monoisotopic (exact) mass is 360 g/mol. The summed E-state index contributed by atoms with van der Waals surface area (Å²) in [5.41, 5.74) is 1.03. The van der Waals surface area contributed by atoms with E-state index in [1.54, 1.807) is 24.8 Å². The van der Waals surface area contributed by atoms with Crippen molar-refractivity contribution in [3.05, 3.63) is 41.7 Å². The second kappa shape index (κ2) is 7.79. The number of rotatable bonds is 7. The van der Waals surface area contributed by atoms with Crippen LogP contribution in [0.2, 0.25) is 0 Å². The summed E-state index contributed by atoms with van der Waals surface area (Å²) in [5, 5.41) is 18.5. The van der Waals surface area contributed by atoms with Crippen molar-refractivity contribution < 1.29 is 14.1 Å². The summed E-state index contributed by atoms with van der Waals surface area (Å²) in [4.78, 5) is 12.0. The van der Waals surface area contributed by atoms with Crippen LogP contribution in [0, 0.1) is 6.92 Å². The van der Waals surface area contributed by atoms with Crippen LogP contribution < -0.4 is 10.1 Å². The molecule has 0 spiro atoms. The van der Waals surface area contributed by atoms with E-state index in [1.165, 1.54) is 11.8 Å². The highest BCUT2D eigenvalue weighted by atomic mass is 32.2. The molecule has 130 valence electrons. The Morgan fingerprint density at radius 2 is 2.16 bits per heavy atom. The Morgan fingerprint density at radius 3 is 2.84 bits per heavy atom. The summed E-state index contributed by atoms with van der Waals surface area (Å²) in [6.45, 7) is 2.26. The largest absolute Gasteiger partial charge is 0.497 e. The number of tetrazole rings is 1. The van der Waals surface area contributed by atoms with Crippen molar-refractivity contribution in [1.82, 2.24) is 25.4 Å². The van der Waals surface area contributed by atoms with E-state index in [2.05, 4.69) is 26.0 Å². The van der Waals surface area contributed by atoms with E-state index in [0.29, 0.717) is 23.3 Å². The minimum Gasteiger partial charge on any atom is -0.497 e. The molecule has 0 bridgehead atoms. The zero-order chi connectivity index (χ0) is 17.6. The second-order valence-corrected chi connectivity index (χ2v) is 6.07. The summed E-state index contributed by atoms with van der Waals surface area (Å²) < 4.78 is 11.7. The third kappa shape index (κ3) is 4.57. The molecule has 0 fully saturated rings. The fourth-order valence-electron chi connectivity index (χ4n) is 2.04. The van der Waals surface area contributed by atoms with Gasteiger partial charge >= 0.3 is 0 Å². The minimum absolute atomic E-state index is 0.162. The van der Waals surface area contributed by atoms with Gasteiger partial charge in [-0.25, -0.2) is 4.68 Å². The molecule has 0 aliphatic carbocycles. The zero-order valence-corrected chi connectivity index (χ0v) is 14.5. The lowest BCUT2D eigenvalue weighted by molar-refractivity contribution is -0.113. The molecule has 0 aliphatic heterocycles. The molecule has 1 amide bonds. The first kappa shape index (κ1) is 17.0. The third-order valence-electron chi connectivity index (χ3n) is 3.22. The maximum absolute atomic E-state index is 12.0. The van der Waals surface area contributed by atoms with Crippen LogP contribution in [0.1, 0.15) is 11.3 Å². The number of thioether (sulfide) groups is 1. The molecule has 0 unspecified atom stereocenters. The predicted molar refractivity (Wildman–Crippen MR) is 90.5 cm³/mol. The van der Waals surface area contributed by atoms with Crippen molar-refractivity contribution in [1.29, 1.82) is 0 Å². The number of aromatic nitrogens is 5. The normalized spacial score (nSPS) is 10.6. The molecule has 0 saturated heterocycles. The van der Waals surface area contributed by atoms with Crippen LogP contribution in [0.25, 0.3) is 0 Å². The van der Waals surface area contributed by atoms with Gasteiger partial charge in [0.25, 0.3) is 0 Å². The van der Waals surface area contributed by atoms with E-state index in [4.69, 9.17) is 9.26 Å². The SMILES string of the molecule is COc1ccc(Cn2nnnc2SCC(=O)Nc2cc(C)on2)cc1. The van der Waals surface area contributed by atoms with E-state index in [0.717, 1.165) is 11.3 Å². The van der Waals surface area contributed by atoms with E-state index in [9.17, 15) is 4.79 Å². The molecule has 3 rings (SSSR count). The Hall–Kier alpha value is -2.88. The smallest absolute Gasteiger partial charge is 0.236 e. The van der Waals surface area contributed by atoms with Gasteiger partial charge in [0.2, 0.25) is 11.1 Å². The van der Waals surface area contributed by atoms with Crippen LogP contribution in [0.5, 0.6) is 5.75 Å². The van der Waals surface area contributed by atoms with Gasteiger partial charge in [-0.2, -0.15) is 0 Å². The van der Waals surface area contributed by atoms with Crippen molar-refractivity contribution in [2.75, 3.05) is 18.2 Å². The van der Waals surface area contributed by atoms with Crippen molar-refractivity contribution in [3.8, 4) is 5.75 Å². The summed E-state index contributed by atoms with van der Waals surface area (Å²) in [6.07, 6.45) is 0. The van der Waals surface area contributed by atoms with Gasteiger partial charge in [-0.3, -0.25) is 4.79 Å². The van der Waals surface area contributed by atoms with Crippen LogP contribution in [0.15, 0.2) is 40.0 Å². The molecule has 2 aromatic heterocycles. The number of nitrogens with one attached hydrogen (secondary N) is 1. The standard InChI is InChI=1S/C15H16N6O3S/c1-10-7-13(18-24-10)16-14(22)9-25-15-17-19-20-21(15)8-11-3-5-12(23-2)6-4-11/h3-7H,8-9H2,1-2H3,(H,16,18,22). The number of carbonyl (C=O) groups is 1. The lowest BCUT2D eigenvalue weighted by atomic mass is 10.2. The average Bonchev–Trinajstić information content (AvgIpc) is 3.22. The number of carbonyl (C=O) groups excluding carboxylic acids is 1. The number of nitrogens with zero attached hydrogens (tertiary/aromatic N) is 5. The quantitative estimate of drug-likeness (QED) is 0.635. The van der Waals surface area contributed by atoms with Crippen molar-refractivity contribution in [3.63, 3.8) is 0 Å². The summed E-state index contributed by atoms with van der Waals surface area (Å²) in [5.74, 6) is 1.76. The zero-order valence-electron chi connectivity index (χ0n) is 13.7. The Balaban J connectivity index is 1.56. The lowest BCUT2D eigenvalue weighted by Gasteiger charge is -2.05. The molecular weight excluding hydrogens is 344 g/mol. The van der Waals surface area contributed by atoms with E-state index < -0.39 is 0 Å². The van der Waals surface area contributed by atoms with Gasteiger partial charge in [-0.1, -0.05) is 29.1 Å². The molecular formula is C15H16N6O3S. The molecule has 0 radical (unpaired) electrons. The highest BCUT2D eigenvalue weighted by molar-refractivity contribution is 7.99. The first-order valence-corrected chi connectivity index (χ1v) is 8.37. The molecule has 3 aromatic rings. The molecule has 0 saturated carbocycles. The number of aryl methyl sites for hydroxylation is 1. The maximum Gasteiger partial charge on any atom is 0.236 e. The minimum atomic E-state index is -0.211. The molecule has 2 heterocycles. The summed E-state index contributed by atoms with van der Waals surface area (Å²) in [6, 6.07) is 9.28. The fraction of sp³-hybridized carbons (Fsp3) is 0.267. The fourth-order valence-corrected chi connectivity index (χ4v) is 2.71. The van der Waals surface area contributed by atoms with E-state index in [1.807, 2.05) is 24.3 Å².